The van der Waals surface area contributed by atoms with E-state index in [1.54, 1.807) is 6.92 Å². The number of piperidine rings is 1. The molecule has 0 saturated carbocycles. The second kappa shape index (κ2) is 3.16. The molecule has 0 aliphatic carbocycles. The molecule has 1 N–H and O–H groups in total. The maximum atomic E-state index is 12.5. The lowest BCUT2D eigenvalue weighted by molar-refractivity contribution is 0.235. The molecule has 0 spiro atoms. The maximum absolute atomic E-state index is 12.5. The van der Waals surface area contributed by atoms with E-state index in [1.165, 1.54) is 12.8 Å². The van der Waals surface area contributed by atoms with Crippen molar-refractivity contribution in [1.29, 1.82) is 0 Å². The van der Waals surface area contributed by atoms with Crippen LogP contribution in [0.25, 0.3) is 0 Å². The first-order chi connectivity index (χ1) is 4.30. The monoisotopic (exact) mass is 131 g/mol. The van der Waals surface area contributed by atoms with Crippen molar-refractivity contribution in [3.8, 4) is 0 Å². The molecule has 1 aliphatic rings. The first kappa shape index (κ1) is 7.00. The maximum Gasteiger partial charge on any atom is 0.113 e. The van der Waals surface area contributed by atoms with Gasteiger partial charge in [-0.25, -0.2) is 4.39 Å². The van der Waals surface area contributed by atoms with Crippen LogP contribution in [0.1, 0.15) is 26.2 Å². The third-order valence-electron chi connectivity index (χ3n) is 1.90. The number of rotatable bonds is 1. The third-order valence-corrected chi connectivity index (χ3v) is 1.90. The molecule has 1 aliphatic heterocycles. The smallest absolute Gasteiger partial charge is 0.113 e. The normalized spacial score (nSPS) is 32.0. The van der Waals surface area contributed by atoms with E-state index in [2.05, 4.69) is 5.32 Å². The highest BCUT2D eigenvalue weighted by atomic mass is 19.1. The van der Waals surface area contributed by atoms with E-state index in [0.29, 0.717) is 0 Å². The van der Waals surface area contributed by atoms with Crippen molar-refractivity contribution in [1.82, 2.24) is 5.32 Å². The van der Waals surface area contributed by atoms with E-state index in [-0.39, 0.29) is 6.04 Å². The molecular weight excluding hydrogens is 117 g/mol. The van der Waals surface area contributed by atoms with E-state index in [4.69, 9.17) is 0 Å². The molecule has 1 heterocycles. The van der Waals surface area contributed by atoms with Gasteiger partial charge in [-0.1, -0.05) is 6.42 Å². The first-order valence-electron chi connectivity index (χ1n) is 3.68. The van der Waals surface area contributed by atoms with Gasteiger partial charge in [0, 0.05) is 6.04 Å². The van der Waals surface area contributed by atoms with E-state index in [1.807, 2.05) is 0 Å². The van der Waals surface area contributed by atoms with Crippen LogP contribution >= 0.6 is 0 Å². The number of hydrogen-bond acceptors (Lipinski definition) is 1. The summed E-state index contributed by atoms with van der Waals surface area (Å²) in [5, 5.41) is 3.14. The molecule has 1 rings (SSSR count). The zero-order valence-electron chi connectivity index (χ0n) is 5.86. The summed E-state index contributed by atoms with van der Waals surface area (Å²) in [4.78, 5) is 0. The number of alkyl halides is 1. The lowest BCUT2D eigenvalue weighted by Crippen LogP contribution is -2.39. The number of hydrogen-bond donors (Lipinski definition) is 1. The summed E-state index contributed by atoms with van der Waals surface area (Å²) in [6, 6.07) is 0.138. The van der Waals surface area contributed by atoms with Crippen molar-refractivity contribution in [2.24, 2.45) is 0 Å². The van der Waals surface area contributed by atoms with E-state index in [9.17, 15) is 4.39 Å². The fourth-order valence-electron chi connectivity index (χ4n) is 1.27. The van der Waals surface area contributed by atoms with Gasteiger partial charge in [-0.2, -0.15) is 0 Å². The SMILES string of the molecule is C[C@H](F)[C@@H]1CCCCN1. The minimum Gasteiger partial charge on any atom is -0.311 e. The highest BCUT2D eigenvalue weighted by Gasteiger charge is 2.17. The third kappa shape index (κ3) is 1.94. The Morgan fingerprint density at radius 3 is 2.67 bits per heavy atom. The molecule has 0 bridgehead atoms. The second-order valence-electron chi connectivity index (χ2n) is 2.73. The summed E-state index contributed by atoms with van der Waals surface area (Å²) in [7, 11) is 0. The largest absolute Gasteiger partial charge is 0.311 e. The first-order valence-corrected chi connectivity index (χ1v) is 3.68. The zero-order valence-corrected chi connectivity index (χ0v) is 5.86. The Bertz CT molecular complexity index is 77.0. The molecule has 2 heteroatoms. The van der Waals surface area contributed by atoms with Crippen molar-refractivity contribution in [2.45, 2.75) is 38.4 Å². The molecule has 1 saturated heterocycles. The lowest BCUT2D eigenvalue weighted by atomic mass is 10.0. The molecule has 1 nitrogen and oxygen atoms in total. The van der Waals surface area contributed by atoms with Gasteiger partial charge in [-0.3, -0.25) is 0 Å². The highest BCUT2D eigenvalue weighted by Crippen LogP contribution is 2.11. The summed E-state index contributed by atoms with van der Waals surface area (Å²) in [5.74, 6) is 0. The topological polar surface area (TPSA) is 12.0 Å². The molecule has 9 heavy (non-hydrogen) atoms. The van der Waals surface area contributed by atoms with Crippen LogP contribution in [-0.4, -0.2) is 18.8 Å². The van der Waals surface area contributed by atoms with Crippen LogP contribution in [0.4, 0.5) is 4.39 Å². The molecule has 0 aromatic rings. The van der Waals surface area contributed by atoms with Gasteiger partial charge in [0.15, 0.2) is 0 Å². The van der Waals surface area contributed by atoms with Crippen LogP contribution in [0.15, 0.2) is 0 Å². The van der Waals surface area contributed by atoms with Crippen LogP contribution in [0, 0.1) is 0 Å². The fraction of sp³-hybridized carbons (Fsp3) is 1.00. The molecule has 0 unspecified atom stereocenters. The quantitative estimate of drug-likeness (QED) is 0.568. The van der Waals surface area contributed by atoms with Gasteiger partial charge in [0.1, 0.15) is 6.17 Å². The molecular formula is C7H14FN. The Morgan fingerprint density at radius 2 is 2.33 bits per heavy atom. The summed E-state index contributed by atoms with van der Waals surface area (Å²) in [5.41, 5.74) is 0. The van der Waals surface area contributed by atoms with Crippen molar-refractivity contribution in [3.05, 3.63) is 0 Å². The molecule has 54 valence electrons. The van der Waals surface area contributed by atoms with Crippen LogP contribution < -0.4 is 5.32 Å². The molecule has 0 aromatic carbocycles. The second-order valence-corrected chi connectivity index (χ2v) is 2.73. The lowest BCUT2D eigenvalue weighted by Gasteiger charge is -2.24. The summed E-state index contributed by atoms with van der Waals surface area (Å²) in [6.07, 6.45) is 2.73. The minimum absolute atomic E-state index is 0.138. The molecule has 0 amide bonds. The van der Waals surface area contributed by atoms with E-state index >= 15 is 0 Å². The van der Waals surface area contributed by atoms with Gasteiger partial charge < -0.3 is 5.32 Å². The fourth-order valence-corrected chi connectivity index (χ4v) is 1.27. The Balaban J connectivity index is 2.23. The van der Waals surface area contributed by atoms with Crippen molar-refractivity contribution in [3.63, 3.8) is 0 Å². The van der Waals surface area contributed by atoms with E-state index in [0.717, 1.165) is 13.0 Å². The van der Waals surface area contributed by atoms with Crippen LogP contribution in [0.3, 0.4) is 0 Å². The summed E-state index contributed by atoms with van der Waals surface area (Å²) >= 11 is 0. The number of halogens is 1. The van der Waals surface area contributed by atoms with Crippen molar-refractivity contribution >= 4 is 0 Å². The van der Waals surface area contributed by atoms with Gasteiger partial charge in [0.05, 0.1) is 0 Å². The Morgan fingerprint density at radius 1 is 1.56 bits per heavy atom. The van der Waals surface area contributed by atoms with Crippen LogP contribution in [0.5, 0.6) is 0 Å². The van der Waals surface area contributed by atoms with Gasteiger partial charge in [0.2, 0.25) is 0 Å². The van der Waals surface area contributed by atoms with Crippen LogP contribution in [-0.2, 0) is 0 Å². The van der Waals surface area contributed by atoms with Crippen molar-refractivity contribution < 1.29 is 4.39 Å². The van der Waals surface area contributed by atoms with Gasteiger partial charge in [-0.05, 0) is 26.3 Å². The molecule has 0 aromatic heterocycles. The number of nitrogens with one attached hydrogen (secondary N) is 1. The minimum atomic E-state index is -0.676. The van der Waals surface area contributed by atoms with Gasteiger partial charge in [-0.15, -0.1) is 0 Å². The molecule has 0 radical (unpaired) electrons. The van der Waals surface area contributed by atoms with Gasteiger partial charge >= 0.3 is 0 Å². The standard InChI is InChI=1S/C7H14FN/c1-6(8)7-4-2-3-5-9-7/h6-7,9H,2-5H2,1H3/t6-,7-/m0/s1. The average molecular weight is 131 g/mol. The Hall–Kier alpha value is -0.110. The molecule has 2 atom stereocenters. The van der Waals surface area contributed by atoms with E-state index < -0.39 is 6.17 Å². The highest BCUT2D eigenvalue weighted by molar-refractivity contribution is 4.76. The van der Waals surface area contributed by atoms with Crippen LogP contribution in [0.2, 0.25) is 0 Å². The van der Waals surface area contributed by atoms with Crippen molar-refractivity contribution in [2.75, 3.05) is 6.54 Å². The van der Waals surface area contributed by atoms with Gasteiger partial charge in [0.25, 0.3) is 0 Å². The predicted octanol–water partition coefficient (Wildman–Crippen LogP) is 1.49. The predicted molar refractivity (Wildman–Crippen MR) is 36.2 cm³/mol. The zero-order chi connectivity index (χ0) is 6.69. The molecule has 1 fully saturated rings. The Labute approximate surface area is 55.6 Å². The summed E-state index contributed by atoms with van der Waals surface area (Å²) < 4.78 is 12.5. The Kier molecular flexibility index (Phi) is 2.46. The average Bonchev–Trinajstić information content (AvgIpc) is 1.90. The summed E-state index contributed by atoms with van der Waals surface area (Å²) in [6.45, 7) is 2.63.